The highest BCUT2D eigenvalue weighted by Crippen LogP contribution is 2.22. The quantitative estimate of drug-likeness (QED) is 0.642. The van der Waals surface area contributed by atoms with Crippen LogP contribution in [0.2, 0.25) is 0 Å². The number of anilines is 1. The summed E-state index contributed by atoms with van der Waals surface area (Å²) in [4.78, 5) is 10.9. The lowest BCUT2D eigenvalue weighted by molar-refractivity contribution is 0.0697. The van der Waals surface area contributed by atoms with E-state index in [1.165, 1.54) is 0 Å². The third-order valence-electron chi connectivity index (χ3n) is 1.87. The maximum absolute atomic E-state index is 11.5. The molecule has 0 amide bonds. The van der Waals surface area contributed by atoms with Crippen LogP contribution in [0.1, 0.15) is 10.4 Å². The summed E-state index contributed by atoms with van der Waals surface area (Å²) in [7, 11) is -8.03. The zero-order valence-electron chi connectivity index (χ0n) is 9.69. The molecule has 19 heavy (non-hydrogen) atoms. The normalized spacial score (nSPS) is 12.1. The Kier molecular flexibility index (Phi) is 4.06. The van der Waals surface area contributed by atoms with Crippen molar-refractivity contribution in [1.29, 1.82) is 0 Å². The Labute approximate surface area is 109 Å². The summed E-state index contributed by atoms with van der Waals surface area (Å²) in [5.74, 6) is -1.82. The molecule has 3 N–H and O–H groups in total. The largest absolute Gasteiger partial charge is 0.508 e. The number of hydrogen-bond donors (Lipinski definition) is 3. The van der Waals surface area contributed by atoms with Crippen LogP contribution in [0.4, 0.5) is 5.69 Å². The molecule has 10 heteroatoms. The Balaban J connectivity index is 3.17. The molecule has 0 aromatic heterocycles. The second kappa shape index (κ2) is 5.05. The van der Waals surface area contributed by atoms with Crippen LogP contribution in [0.15, 0.2) is 18.2 Å². The summed E-state index contributed by atoms with van der Waals surface area (Å²) in [6.45, 7) is 0. The van der Waals surface area contributed by atoms with Crippen molar-refractivity contribution < 1.29 is 31.8 Å². The molecule has 0 atom stereocenters. The molecule has 0 bridgehead atoms. The van der Waals surface area contributed by atoms with Crippen LogP contribution in [0.5, 0.6) is 5.75 Å². The van der Waals surface area contributed by atoms with Gasteiger partial charge in [-0.15, -0.1) is 0 Å². The number of benzene rings is 1. The highest BCUT2D eigenvalue weighted by atomic mass is 32.3. The van der Waals surface area contributed by atoms with E-state index in [1.54, 1.807) is 0 Å². The molecule has 0 aliphatic heterocycles. The molecule has 0 fully saturated rings. The highest BCUT2D eigenvalue weighted by molar-refractivity contribution is 8.08. The average Bonchev–Trinajstić information content (AvgIpc) is 2.16. The van der Waals surface area contributed by atoms with Crippen molar-refractivity contribution in [2.24, 2.45) is 0 Å². The Morgan fingerprint density at radius 1 is 1.26 bits per heavy atom. The van der Waals surface area contributed by atoms with E-state index in [-0.39, 0.29) is 11.4 Å². The molecule has 0 heterocycles. The second-order valence-corrected chi connectivity index (χ2v) is 8.02. The summed E-state index contributed by atoms with van der Waals surface area (Å²) in [6, 6.07) is 2.95. The minimum absolute atomic E-state index is 0.325. The summed E-state index contributed by atoms with van der Waals surface area (Å²) in [6.07, 6.45) is 0.737. The first kappa shape index (κ1) is 15.2. The van der Waals surface area contributed by atoms with E-state index in [0.717, 1.165) is 24.5 Å². The fraction of sp³-hybridized carbons (Fsp3) is 0.222. The van der Waals surface area contributed by atoms with Crippen LogP contribution in [-0.2, 0) is 19.9 Å². The van der Waals surface area contributed by atoms with Gasteiger partial charge in [-0.25, -0.2) is 21.6 Å². The minimum Gasteiger partial charge on any atom is -0.508 e. The van der Waals surface area contributed by atoms with Crippen LogP contribution >= 0.6 is 0 Å². The van der Waals surface area contributed by atoms with Crippen molar-refractivity contribution in [3.63, 3.8) is 0 Å². The third-order valence-corrected chi connectivity index (χ3v) is 5.35. The topological polar surface area (TPSA) is 138 Å². The minimum atomic E-state index is -4.24. The van der Waals surface area contributed by atoms with Crippen molar-refractivity contribution in [2.75, 3.05) is 16.1 Å². The van der Waals surface area contributed by atoms with E-state index in [9.17, 15) is 21.6 Å². The van der Waals surface area contributed by atoms with E-state index in [0.29, 0.717) is 0 Å². The van der Waals surface area contributed by atoms with Crippen molar-refractivity contribution in [1.82, 2.24) is 0 Å². The lowest BCUT2D eigenvalue weighted by atomic mass is 10.2. The molecule has 0 saturated carbocycles. The SMILES string of the molecule is CS(=O)(=O)CS(=O)(=O)Nc1ccc(O)cc1C(=O)O. The molecule has 1 aromatic rings. The number of phenolic OH excluding ortho intramolecular Hbond substituents is 1. The van der Waals surface area contributed by atoms with E-state index < -0.39 is 36.5 Å². The first-order chi connectivity index (χ1) is 8.50. The Morgan fingerprint density at radius 2 is 1.84 bits per heavy atom. The highest BCUT2D eigenvalue weighted by Gasteiger charge is 2.21. The number of carboxylic acids is 1. The van der Waals surface area contributed by atoms with E-state index in [2.05, 4.69) is 0 Å². The first-order valence-electron chi connectivity index (χ1n) is 4.75. The van der Waals surface area contributed by atoms with Gasteiger partial charge < -0.3 is 10.2 Å². The summed E-state index contributed by atoms with van der Waals surface area (Å²) >= 11 is 0. The first-order valence-corrected chi connectivity index (χ1v) is 8.46. The molecule has 0 radical (unpaired) electrons. The van der Waals surface area contributed by atoms with Gasteiger partial charge in [0, 0.05) is 6.26 Å². The van der Waals surface area contributed by atoms with E-state index in [4.69, 9.17) is 10.2 Å². The summed E-state index contributed by atoms with van der Waals surface area (Å²) in [5.41, 5.74) is -0.814. The molecular weight excluding hydrogens is 298 g/mol. The van der Waals surface area contributed by atoms with Gasteiger partial charge in [-0.3, -0.25) is 4.72 Å². The Bertz CT molecular complexity index is 706. The van der Waals surface area contributed by atoms with Gasteiger partial charge in [0.05, 0.1) is 11.3 Å². The lowest BCUT2D eigenvalue weighted by Crippen LogP contribution is -2.23. The third kappa shape index (κ3) is 4.75. The number of phenols is 1. The fourth-order valence-corrected chi connectivity index (χ4v) is 4.28. The molecule has 106 valence electrons. The number of hydrogen-bond acceptors (Lipinski definition) is 6. The van der Waals surface area contributed by atoms with Crippen LogP contribution < -0.4 is 4.72 Å². The molecule has 0 aliphatic rings. The van der Waals surface area contributed by atoms with Gasteiger partial charge in [-0.05, 0) is 18.2 Å². The Morgan fingerprint density at radius 3 is 2.32 bits per heavy atom. The van der Waals surface area contributed by atoms with Gasteiger partial charge in [0.15, 0.2) is 14.9 Å². The number of nitrogens with one attached hydrogen (secondary N) is 1. The molecule has 0 spiro atoms. The molecule has 8 nitrogen and oxygen atoms in total. The van der Waals surface area contributed by atoms with Crippen molar-refractivity contribution in [3.05, 3.63) is 23.8 Å². The number of rotatable bonds is 5. The van der Waals surface area contributed by atoms with E-state index >= 15 is 0 Å². The van der Waals surface area contributed by atoms with Gasteiger partial charge in [-0.1, -0.05) is 0 Å². The van der Waals surface area contributed by atoms with Gasteiger partial charge in [-0.2, -0.15) is 0 Å². The number of aromatic carboxylic acids is 1. The molecule has 1 rings (SSSR count). The standard InChI is InChI=1S/C9H11NO7S2/c1-18(14,15)5-19(16,17)10-8-3-2-6(11)4-7(8)9(12)13/h2-4,10-11H,5H2,1H3,(H,12,13). The number of sulfonamides is 1. The maximum atomic E-state index is 11.5. The molecule has 0 unspecified atom stereocenters. The molecule has 0 aliphatic carbocycles. The van der Waals surface area contributed by atoms with Crippen LogP contribution in [-0.4, -0.2) is 44.4 Å². The smallest absolute Gasteiger partial charge is 0.337 e. The zero-order valence-corrected chi connectivity index (χ0v) is 11.3. The number of carboxylic acid groups (broad SMARTS) is 1. The van der Waals surface area contributed by atoms with Crippen molar-refractivity contribution in [3.8, 4) is 5.75 Å². The lowest BCUT2D eigenvalue weighted by Gasteiger charge is -2.10. The molecule has 1 aromatic carbocycles. The van der Waals surface area contributed by atoms with E-state index in [1.807, 2.05) is 4.72 Å². The Hall–Kier alpha value is -1.81. The fourth-order valence-electron chi connectivity index (χ4n) is 1.28. The van der Waals surface area contributed by atoms with Gasteiger partial charge in [0.2, 0.25) is 10.0 Å². The van der Waals surface area contributed by atoms with Crippen LogP contribution in [0, 0.1) is 0 Å². The zero-order chi connectivity index (χ0) is 14.8. The number of sulfone groups is 1. The van der Waals surface area contributed by atoms with Crippen LogP contribution in [0.3, 0.4) is 0 Å². The van der Waals surface area contributed by atoms with Gasteiger partial charge >= 0.3 is 5.97 Å². The summed E-state index contributed by atoms with van der Waals surface area (Å²) < 4.78 is 46.8. The van der Waals surface area contributed by atoms with Gasteiger partial charge in [0.1, 0.15) is 5.75 Å². The van der Waals surface area contributed by atoms with Gasteiger partial charge in [0.25, 0.3) is 0 Å². The monoisotopic (exact) mass is 309 g/mol. The van der Waals surface area contributed by atoms with Crippen LogP contribution in [0.25, 0.3) is 0 Å². The number of aromatic hydroxyl groups is 1. The molecular formula is C9H11NO7S2. The predicted molar refractivity (Wildman–Crippen MR) is 67.3 cm³/mol. The summed E-state index contributed by atoms with van der Waals surface area (Å²) in [5, 5.41) is 16.8. The van der Waals surface area contributed by atoms with Crippen molar-refractivity contribution in [2.45, 2.75) is 0 Å². The molecule has 0 saturated heterocycles. The second-order valence-electron chi connectivity index (χ2n) is 3.80. The van der Waals surface area contributed by atoms with Crippen molar-refractivity contribution >= 4 is 31.5 Å². The number of carbonyl (C=O) groups is 1. The average molecular weight is 309 g/mol. The predicted octanol–water partition coefficient (Wildman–Crippen LogP) is -0.166. The maximum Gasteiger partial charge on any atom is 0.337 e.